The molecule has 6 nitrogen and oxygen atoms in total. The number of hydrogen-bond donors (Lipinski definition) is 2. The molecule has 0 aromatic carbocycles. The molecule has 8 heteroatoms. The van der Waals surface area contributed by atoms with E-state index in [-0.39, 0.29) is 25.5 Å². The monoisotopic (exact) mass is 340 g/mol. The summed E-state index contributed by atoms with van der Waals surface area (Å²) in [6.07, 6.45) is 6.49. The Kier molecular flexibility index (Phi) is 8.94. The summed E-state index contributed by atoms with van der Waals surface area (Å²) in [5.41, 5.74) is -0.861. The fourth-order valence-corrected chi connectivity index (χ4v) is 5.21. The van der Waals surface area contributed by atoms with Crippen molar-refractivity contribution in [2.75, 3.05) is 25.5 Å². The van der Waals surface area contributed by atoms with Gasteiger partial charge in [-0.3, -0.25) is 9.13 Å². The molecule has 124 valence electrons. The highest BCUT2D eigenvalue weighted by Crippen LogP contribution is 2.55. The van der Waals surface area contributed by atoms with Crippen LogP contribution in [0.4, 0.5) is 0 Å². The summed E-state index contributed by atoms with van der Waals surface area (Å²) in [7, 11) is -7.63. The number of rotatable bonds is 10. The van der Waals surface area contributed by atoms with Gasteiger partial charge in [0.25, 0.3) is 0 Å². The van der Waals surface area contributed by atoms with E-state index in [9.17, 15) is 9.13 Å². The fraction of sp³-hybridized carbons (Fsp3) is 0.692. The third-order valence-electron chi connectivity index (χ3n) is 2.46. The first kappa shape index (κ1) is 20.8. The van der Waals surface area contributed by atoms with Crippen LogP contribution >= 0.6 is 15.2 Å². The number of hydrogen-bond acceptors (Lipinski definition) is 4. The Hall–Kier alpha value is -0.220. The normalized spacial score (nSPS) is 16.7. The second-order valence-electron chi connectivity index (χ2n) is 5.49. The van der Waals surface area contributed by atoms with Gasteiger partial charge in [0.05, 0.1) is 25.5 Å². The Bertz CT molecular complexity index is 430. The van der Waals surface area contributed by atoms with E-state index in [1.54, 1.807) is 38.2 Å². The zero-order valence-corrected chi connectivity index (χ0v) is 14.8. The summed E-state index contributed by atoms with van der Waals surface area (Å²) in [4.78, 5) is 18.2. The first-order valence-electron chi connectivity index (χ1n) is 6.69. The van der Waals surface area contributed by atoms with Crippen molar-refractivity contribution in [3.63, 3.8) is 0 Å². The Morgan fingerprint density at radius 2 is 1.38 bits per heavy atom. The van der Waals surface area contributed by atoms with E-state index in [2.05, 4.69) is 0 Å². The van der Waals surface area contributed by atoms with Crippen LogP contribution in [0.15, 0.2) is 24.3 Å². The van der Waals surface area contributed by atoms with Gasteiger partial charge in [-0.2, -0.15) is 0 Å². The van der Waals surface area contributed by atoms with Crippen molar-refractivity contribution in [2.24, 2.45) is 5.41 Å². The Morgan fingerprint density at radius 3 is 1.71 bits per heavy atom. The van der Waals surface area contributed by atoms with Crippen molar-refractivity contribution in [1.29, 1.82) is 0 Å². The Morgan fingerprint density at radius 1 is 0.952 bits per heavy atom. The van der Waals surface area contributed by atoms with Crippen molar-refractivity contribution in [1.82, 2.24) is 0 Å². The van der Waals surface area contributed by atoms with E-state index < -0.39 is 20.6 Å². The van der Waals surface area contributed by atoms with Crippen molar-refractivity contribution < 1.29 is 28.0 Å². The zero-order chi connectivity index (χ0) is 16.6. The van der Waals surface area contributed by atoms with Crippen LogP contribution in [0, 0.1) is 5.41 Å². The second kappa shape index (κ2) is 9.04. The first-order chi connectivity index (χ1) is 9.54. The zero-order valence-electron chi connectivity index (χ0n) is 13.1. The topological polar surface area (TPSA) is 93.1 Å². The average molecular weight is 340 g/mol. The molecule has 0 radical (unpaired) electrons. The highest BCUT2D eigenvalue weighted by atomic mass is 31.2. The molecule has 0 unspecified atom stereocenters. The van der Waals surface area contributed by atoms with Gasteiger partial charge < -0.3 is 18.8 Å². The van der Waals surface area contributed by atoms with Crippen LogP contribution in [-0.4, -0.2) is 35.3 Å². The summed E-state index contributed by atoms with van der Waals surface area (Å²) in [6.45, 7) is 7.16. The standard InChI is InChI=1S/C13H26O6P2/c1-5-7-9-18-21(17,19-10-8-6-2)12-13(3,4)11-20(14,15)16/h5-8H,9-12H2,1-4H3,(H2,14,15,16). The van der Waals surface area contributed by atoms with Crippen LogP contribution in [0.3, 0.4) is 0 Å². The molecule has 0 saturated carbocycles. The van der Waals surface area contributed by atoms with Crippen LogP contribution in [0.1, 0.15) is 27.7 Å². The maximum absolute atomic E-state index is 12.7. The lowest BCUT2D eigenvalue weighted by Gasteiger charge is -2.29. The summed E-state index contributed by atoms with van der Waals surface area (Å²) >= 11 is 0. The molecule has 0 rings (SSSR count). The van der Waals surface area contributed by atoms with Gasteiger partial charge in [-0.05, 0) is 19.3 Å². The molecule has 0 bridgehead atoms. The van der Waals surface area contributed by atoms with Crippen LogP contribution in [-0.2, 0) is 18.2 Å². The van der Waals surface area contributed by atoms with Crippen LogP contribution in [0.5, 0.6) is 0 Å². The van der Waals surface area contributed by atoms with Crippen molar-refractivity contribution >= 4 is 15.2 Å². The molecule has 21 heavy (non-hydrogen) atoms. The quantitative estimate of drug-likeness (QED) is 0.466. The third-order valence-corrected chi connectivity index (χ3v) is 6.06. The van der Waals surface area contributed by atoms with Gasteiger partial charge in [0.15, 0.2) is 0 Å². The molecule has 0 aliphatic carbocycles. The minimum atomic E-state index is -4.20. The molecule has 0 aliphatic rings. The van der Waals surface area contributed by atoms with E-state index in [1.807, 2.05) is 13.8 Å². The molecule has 0 fully saturated rings. The highest BCUT2D eigenvalue weighted by Gasteiger charge is 2.37. The first-order valence-corrected chi connectivity index (χ1v) is 10.2. The van der Waals surface area contributed by atoms with Gasteiger partial charge >= 0.3 is 15.2 Å². The van der Waals surface area contributed by atoms with Crippen molar-refractivity contribution in [3.8, 4) is 0 Å². The maximum atomic E-state index is 12.7. The predicted octanol–water partition coefficient (Wildman–Crippen LogP) is 3.57. The Balaban J connectivity index is 4.93. The lowest BCUT2D eigenvalue weighted by molar-refractivity contribution is 0.225. The second-order valence-corrected chi connectivity index (χ2v) is 9.19. The summed E-state index contributed by atoms with van der Waals surface area (Å²) in [5, 5.41) is 0. The summed E-state index contributed by atoms with van der Waals surface area (Å²) in [5.74, 6) is 0. The largest absolute Gasteiger partial charge is 0.331 e. The van der Waals surface area contributed by atoms with E-state index in [0.717, 1.165) is 0 Å². The molecule has 2 N–H and O–H groups in total. The van der Waals surface area contributed by atoms with Gasteiger partial charge in [0, 0.05) is 0 Å². The molecule has 0 spiro atoms. The SMILES string of the molecule is CC=CCOP(=O)(CC(C)(C)CP(=O)(O)O)OCC=CC. The smallest absolute Gasteiger partial charge is 0.324 e. The molecule has 0 heterocycles. The van der Waals surface area contributed by atoms with E-state index in [4.69, 9.17) is 18.8 Å². The fourth-order valence-electron chi connectivity index (χ4n) is 1.77. The minimum Gasteiger partial charge on any atom is -0.324 e. The van der Waals surface area contributed by atoms with Crippen LogP contribution < -0.4 is 0 Å². The Labute approximate surface area is 126 Å². The van der Waals surface area contributed by atoms with E-state index >= 15 is 0 Å². The molecule has 0 aliphatic heterocycles. The molecular weight excluding hydrogens is 314 g/mol. The molecule has 0 aromatic rings. The molecule has 0 saturated heterocycles. The lowest BCUT2D eigenvalue weighted by Crippen LogP contribution is -2.23. The molecule has 0 atom stereocenters. The average Bonchev–Trinajstić information content (AvgIpc) is 2.25. The molecular formula is C13H26O6P2. The summed E-state index contributed by atoms with van der Waals surface area (Å²) < 4.78 is 34.5. The van der Waals surface area contributed by atoms with Gasteiger partial charge in [0.2, 0.25) is 0 Å². The third kappa shape index (κ3) is 11.1. The highest BCUT2D eigenvalue weighted by molar-refractivity contribution is 7.54. The van der Waals surface area contributed by atoms with Crippen molar-refractivity contribution in [2.45, 2.75) is 27.7 Å². The van der Waals surface area contributed by atoms with Crippen LogP contribution in [0.25, 0.3) is 0 Å². The van der Waals surface area contributed by atoms with Crippen LogP contribution in [0.2, 0.25) is 0 Å². The van der Waals surface area contributed by atoms with E-state index in [0.29, 0.717) is 0 Å². The number of allylic oxidation sites excluding steroid dienone is 2. The summed E-state index contributed by atoms with van der Waals surface area (Å²) in [6, 6.07) is 0. The molecule has 0 aromatic heterocycles. The van der Waals surface area contributed by atoms with E-state index in [1.165, 1.54) is 0 Å². The lowest BCUT2D eigenvalue weighted by atomic mass is 10.0. The van der Waals surface area contributed by atoms with Gasteiger partial charge in [-0.25, -0.2) is 0 Å². The van der Waals surface area contributed by atoms with Gasteiger partial charge in [0.1, 0.15) is 0 Å². The minimum absolute atomic E-state index is 0.0553. The maximum Gasteiger partial charge on any atom is 0.331 e. The van der Waals surface area contributed by atoms with Gasteiger partial charge in [-0.1, -0.05) is 38.2 Å². The predicted molar refractivity (Wildman–Crippen MR) is 84.7 cm³/mol. The molecule has 0 amide bonds. The van der Waals surface area contributed by atoms with Crippen molar-refractivity contribution in [3.05, 3.63) is 24.3 Å². The van der Waals surface area contributed by atoms with Gasteiger partial charge in [-0.15, -0.1) is 0 Å².